The first-order valence-corrected chi connectivity index (χ1v) is 5.71. The molecule has 0 heterocycles. The Bertz CT molecular complexity index is 240. The second kappa shape index (κ2) is 7.55. The summed E-state index contributed by atoms with van der Waals surface area (Å²) in [6.07, 6.45) is -0.423. The molecule has 17 heavy (non-hydrogen) atoms. The standard InChI is InChI=1S/C11H22F2N2O2/c1-11(14-2,10(16)17)6-4-5-7-15(3)8-9(12)13/h9,14H,4-8H2,1-3H3,(H,16,17). The van der Waals surface area contributed by atoms with Crippen molar-refractivity contribution < 1.29 is 18.7 Å². The van der Waals surface area contributed by atoms with Crippen LogP contribution in [0, 0.1) is 0 Å². The average Bonchev–Trinajstić information content (AvgIpc) is 2.22. The maximum atomic E-state index is 12.0. The minimum absolute atomic E-state index is 0.234. The maximum absolute atomic E-state index is 12.0. The molecule has 0 aromatic heterocycles. The van der Waals surface area contributed by atoms with Gasteiger partial charge in [0, 0.05) is 0 Å². The number of aliphatic carboxylic acids is 1. The second-order valence-electron chi connectivity index (χ2n) is 4.50. The van der Waals surface area contributed by atoms with Crippen molar-refractivity contribution in [3.63, 3.8) is 0 Å². The normalized spacial score (nSPS) is 15.2. The second-order valence-corrected chi connectivity index (χ2v) is 4.50. The monoisotopic (exact) mass is 252 g/mol. The number of carboxylic acid groups (broad SMARTS) is 1. The number of hydrogen-bond donors (Lipinski definition) is 2. The highest BCUT2D eigenvalue weighted by atomic mass is 19.3. The van der Waals surface area contributed by atoms with E-state index in [2.05, 4.69) is 5.32 Å². The lowest BCUT2D eigenvalue weighted by Gasteiger charge is -2.24. The van der Waals surface area contributed by atoms with Gasteiger partial charge < -0.3 is 15.3 Å². The Morgan fingerprint density at radius 3 is 2.47 bits per heavy atom. The van der Waals surface area contributed by atoms with E-state index >= 15 is 0 Å². The first-order chi connectivity index (χ1) is 7.81. The van der Waals surface area contributed by atoms with Gasteiger partial charge in [-0.25, -0.2) is 8.78 Å². The van der Waals surface area contributed by atoms with Crippen molar-refractivity contribution in [2.24, 2.45) is 0 Å². The lowest BCUT2D eigenvalue weighted by atomic mass is 9.95. The Morgan fingerprint density at radius 1 is 1.47 bits per heavy atom. The van der Waals surface area contributed by atoms with Gasteiger partial charge in [0.1, 0.15) is 5.54 Å². The van der Waals surface area contributed by atoms with Gasteiger partial charge >= 0.3 is 5.97 Å². The smallest absolute Gasteiger partial charge is 0.323 e. The van der Waals surface area contributed by atoms with E-state index in [0.29, 0.717) is 25.8 Å². The number of nitrogens with one attached hydrogen (secondary N) is 1. The molecule has 1 unspecified atom stereocenters. The van der Waals surface area contributed by atoms with E-state index in [9.17, 15) is 13.6 Å². The zero-order valence-electron chi connectivity index (χ0n) is 10.7. The number of hydrogen-bond acceptors (Lipinski definition) is 3. The molecule has 4 nitrogen and oxygen atoms in total. The van der Waals surface area contributed by atoms with Gasteiger partial charge in [-0.15, -0.1) is 0 Å². The summed E-state index contributed by atoms with van der Waals surface area (Å²) in [4.78, 5) is 12.5. The highest BCUT2D eigenvalue weighted by Gasteiger charge is 2.30. The van der Waals surface area contributed by atoms with E-state index in [4.69, 9.17) is 5.11 Å². The molecule has 0 fully saturated rings. The van der Waals surface area contributed by atoms with E-state index in [1.807, 2.05) is 0 Å². The van der Waals surface area contributed by atoms with Crippen LogP contribution in [0.3, 0.4) is 0 Å². The minimum atomic E-state index is -2.32. The van der Waals surface area contributed by atoms with Crippen LogP contribution in [0.2, 0.25) is 0 Å². The molecule has 0 saturated heterocycles. The number of unbranched alkanes of at least 4 members (excludes halogenated alkanes) is 1. The van der Waals surface area contributed by atoms with Gasteiger partial charge in [-0.05, 0) is 46.8 Å². The summed E-state index contributed by atoms with van der Waals surface area (Å²) in [5.74, 6) is -0.888. The van der Waals surface area contributed by atoms with Gasteiger partial charge in [-0.1, -0.05) is 0 Å². The van der Waals surface area contributed by atoms with E-state index in [1.54, 1.807) is 25.9 Å². The first-order valence-electron chi connectivity index (χ1n) is 5.71. The molecule has 2 N–H and O–H groups in total. The molecule has 0 aliphatic heterocycles. The number of likely N-dealkylation sites (N-methyl/N-ethyl adjacent to an activating group) is 1. The number of nitrogens with zero attached hydrogens (tertiary/aromatic N) is 1. The number of carboxylic acids is 1. The Labute approximate surface area is 101 Å². The van der Waals surface area contributed by atoms with Crippen molar-refractivity contribution in [2.45, 2.75) is 38.2 Å². The SMILES string of the molecule is CNC(C)(CCCCN(C)CC(F)F)C(=O)O. The van der Waals surface area contributed by atoms with Gasteiger partial charge in [-0.2, -0.15) is 0 Å². The predicted molar refractivity (Wildman–Crippen MR) is 62.5 cm³/mol. The topological polar surface area (TPSA) is 52.6 Å². The highest BCUT2D eigenvalue weighted by molar-refractivity contribution is 5.78. The van der Waals surface area contributed by atoms with Crippen molar-refractivity contribution in [1.29, 1.82) is 0 Å². The summed E-state index contributed by atoms with van der Waals surface area (Å²) in [7, 11) is 3.25. The fraction of sp³-hybridized carbons (Fsp3) is 0.909. The molecule has 0 spiro atoms. The largest absolute Gasteiger partial charge is 0.480 e. The fourth-order valence-electron chi connectivity index (χ4n) is 1.53. The zero-order valence-corrected chi connectivity index (χ0v) is 10.7. The fourth-order valence-corrected chi connectivity index (χ4v) is 1.53. The summed E-state index contributed by atoms with van der Waals surface area (Å²) in [5.41, 5.74) is -0.929. The average molecular weight is 252 g/mol. The minimum Gasteiger partial charge on any atom is -0.480 e. The Balaban J connectivity index is 3.80. The molecule has 0 aromatic carbocycles. The molecule has 0 rings (SSSR count). The molecule has 0 radical (unpaired) electrons. The van der Waals surface area contributed by atoms with Crippen LogP contribution in [0.25, 0.3) is 0 Å². The van der Waals surface area contributed by atoms with Crippen molar-refractivity contribution >= 4 is 5.97 Å². The van der Waals surface area contributed by atoms with Crippen molar-refractivity contribution in [3.05, 3.63) is 0 Å². The van der Waals surface area contributed by atoms with Crippen molar-refractivity contribution in [3.8, 4) is 0 Å². The summed E-state index contributed by atoms with van der Waals surface area (Å²) in [6, 6.07) is 0. The van der Waals surface area contributed by atoms with E-state index in [-0.39, 0.29) is 6.54 Å². The van der Waals surface area contributed by atoms with Crippen LogP contribution >= 0.6 is 0 Å². The van der Waals surface area contributed by atoms with E-state index in [0.717, 1.165) is 0 Å². The third kappa shape index (κ3) is 6.53. The molecular formula is C11H22F2N2O2. The molecule has 0 aliphatic rings. The predicted octanol–water partition coefficient (Wildman–Crippen LogP) is 1.42. The van der Waals surface area contributed by atoms with Crippen molar-refractivity contribution in [1.82, 2.24) is 10.2 Å². The molecule has 1 atom stereocenters. The molecule has 0 aromatic rings. The molecule has 0 amide bonds. The van der Waals surface area contributed by atoms with Gasteiger partial charge in [-0.3, -0.25) is 4.79 Å². The quantitative estimate of drug-likeness (QED) is 0.609. The van der Waals surface area contributed by atoms with Crippen LogP contribution in [0.4, 0.5) is 8.78 Å². The lowest BCUT2D eigenvalue weighted by molar-refractivity contribution is -0.144. The molecule has 0 saturated carbocycles. The van der Waals surface area contributed by atoms with Crippen LogP contribution in [0.1, 0.15) is 26.2 Å². The zero-order chi connectivity index (χ0) is 13.5. The Morgan fingerprint density at radius 2 is 2.06 bits per heavy atom. The maximum Gasteiger partial charge on any atom is 0.323 e. The number of alkyl halides is 2. The molecular weight excluding hydrogens is 230 g/mol. The Kier molecular flexibility index (Phi) is 7.22. The van der Waals surface area contributed by atoms with Crippen LogP contribution in [0.5, 0.6) is 0 Å². The van der Waals surface area contributed by atoms with Crippen LogP contribution in [0.15, 0.2) is 0 Å². The van der Waals surface area contributed by atoms with E-state index in [1.165, 1.54) is 0 Å². The first kappa shape index (κ1) is 16.2. The third-order valence-corrected chi connectivity index (χ3v) is 2.94. The third-order valence-electron chi connectivity index (χ3n) is 2.94. The number of rotatable bonds is 9. The molecule has 0 aliphatic carbocycles. The summed E-state index contributed by atoms with van der Waals surface area (Å²) in [5, 5.41) is 11.8. The summed E-state index contributed by atoms with van der Waals surface area (Å²) in [6.45, 7) is 1.95. The van der Waals surface area contributed by atoms with Gasteiger partial charge in [0.15, 0.2) is 0 Å². The summed E-state index contributed by atoms with van der Waals surface area (Å²) >= 11 is 0. The van der Waals surface area contributed by atoms with Gasteiger partial charge in [0.25, 0.3) is 6.43 Å². The van der Waals surface area contributed by atoms with Crippen LogP contribution in [-0.4, -0.2) is 55.1 Å². The van der Waals surface area contributed by atoms with E-state index < -0.39 is 17.9 Å². The van der Waals surface area contributed by atoms with Gasteiger partial charge in [0.05, 0.1) is 6.54 Å². The molecule has 102 valence electrons. The number of carbonyl (C=O) groups is 1. The lowest BCUT2D eigenvalue weighted by Crippen LogP contribution is -2.47. The highest BCUT2D eigenvalue weighted by Crippen LogP contribution is 2.14. The Hall–Kier alpha value is -0.750. The molecule has 6 heteroatoms. The molecule has 0 bridgehead atoms. The number of halogens is 2. The van der Waals surface area contributed by atoms with Crippen LogP contribution in [-0.2, 0) is 4.79 Å². The van der Waals surface area contributed by atoms with Gasteiger partial charge in [0.2, 0.25) is 0 Å². The summed E-state index contributed by atoms with van der Waals surface area (Å²) < 4.78 is 24.0. The van der Waals surface area contributed by atoms with Crippen molar-refractivity contribution in [2.75, 3.05) is 27.2 Å². The van der Waals surface area contributed by atoms with Crippen LogP contribution < -0.4 is 5.32 Å².